The van der Waals surface area contributed by atoms with Crippen LogP contribution in [0.4, 0.5) is 16.3 Å². The third kappa shape index (κ3) is 3.40. The average molecular weight is 435 g/mol. The summed E-state index contributed by atoms with van der Waals surface area (Å²) in [6.45, 7) is 8.60. The number of likely N-dealkylation sites (N-methyl/N-ethyl adjacent to an activating group) is 1. The molecule has 0 aliphatic carbocycles. The molecule has 27 heavy (non-hydrogen) atoms. The molecule has 144 valence electrons. The molecule has 0 atom stereocenters. The van der Waals surface area contributed by atoms with E-state index in [0.29, 0.717) is 18.9 Å². The third-order valence-corrected chi connectivity index (χ3v) is 5.18. The van der Waals surface area contributed by atoms with E-state index in [4.69, 9.17) is 9.73 Å². The Bertz CT molecular complexity index is 841. The summed E-state index contributed by atoms with van der Waals surface area (Å²) >= 11 is 3.48. The number of amides is 1. The molecule has 0 unspecified atom stereocenters. The molecule has 8 nitrogen and oxygen atoms in total. The molecule has 4 heterocycles. The minimum atomic E-state index is -0.495. The van der Waals surface area contributed by atoms with Crippen LogP contribution in [0, 0.1) is 0 Å². The van der Waals surface area contributed by atoms with Crippen molar-refractivity contribution in [2.75, 3.05) is 38.1 Å². The van der Waals surface area contributed by atoms with Crippen molar-refractivity contribution in [2.45, 2.75) is 32.4 Å². The summed E-state index contributed by atoms with van der Waals surface area (Å²) in [7, 11) is 1.78. The van der Waals surface area contributed by atoms with Crippen LogP contribution >= 0.6 is 15.9 Å². The second kappa shape index (κ2) is 6.47. The standard InChI is InChI=1S/C18H23BrN6O2/c1-18(2,3)27-17(26)23(4)12-9-24(10-12)16-15-20-5-6-25(15)13-7-11(19)8-21-14(13)22-16/h7-8,12H,5-6,9-10H2,1-4H3. The molecule has 3 aliphatic rings. The van der Waals surface area contributed by atoms with Crippen molar-refractivity contribution in [1.29, 1.82) is 0 Å². The van der Waals surface area contributed by atoms with Crippen LogP contribution in [0.5, 0.6) is 0 Å². The van der Waals surface area contributed by atoms with Gasteiger partial charge in [0.05, 0.1) is 18.3 Å². The Morgan fingerprint density at radius 3 is 2.78 bits per heavy atom. The summed E-state index contributed by atoms with van der Waals surface area (Å²) < 4.78 is 6.38. The number of amidine groups is 2. The maximum Gasteiger partial charge on any atom is 0.410 e. The molecular formula is C18H23BrN6O2. The first-order chi connectivity index (χ1) is 12.7. The van der Waals surface area contributed by atoms with Crippen molar-refractivity contribution in [3.63, 3.8) is 0 Å². The Kier molecular flexibility index (Phi) is 4.37. The molecule has 0 spiro atoms. The van der Waals surface area contributed by atoms with Gasteiger partial charge in [-0.3, -0.25) is 4.99 Å². The number of halogens is 1. The van der Waals surface area contributed by atoms with Gasteiger partial charge in [0.2, 0.25) is 0 Å². The molecule has 1 saturated heterocycles. The molecule has 1 aromatic heterocycles. The number of hydrogen-bond donors (Lipinski definition) is 0. The highest BCUT2D eigenvalue weighted by Crippen LogP contribution is 2.36. The fourth-order valence-corrected chi connectivity index (χ4v) is 3.62. The Labute approximate surface area is 167 Å². The maximum absolute atomic E-state index is 12.3. The van der Waals surface area contributed by atoms with Crippen molar-refractivity contribution in [2.24, 2.45) is 9.98 Å². The first-order valence-corrected chi connectivity index (χ1v) is 9.79. The van der Waals surface area contributed by atoms with Crippen molar-refractivity contribution in [3.05, 3.63) is 16.7 Å². The van der Waals surface area contributed by atoms with Crippen LogP contribution in [-0.2, 0) is 4.74 Å². The van der Waals surface area contributed by atoms with Crippen molar-refractivity contribution in [1.82, 2.24) is 14.8 Å². The summed E-state index contributed by atoms with van der Waals surface area (Å²) in [6.07, 6.45) is 1.46. The van der Waals surface area contributed by atoms with Crippen LogP contribution in [0.2, 0.25) is 0 Å². The summed E-state index contributed by atoms with van der Waals surface area (Å²) in [5.74, 6) is 2.43. The fourth-order valence-electron chi connectivity index (χ4n) is 3.30. The third-order valence-electron chi connectivity index (χ3n) is 4.75. The number of rotatable bonds is 1. The lowest BCUT2D eigenvalue weighted by molar-refractivity contribution is 0.00783. The van der Waals surface area contributed by atoms with E-state index in [1.54, 1.807) is 18.1 Å². The zero-order chi connectivity index (χ0) is 19.3. The summed E-state index contributed by atoms with van der Waals surface area (Å²) in [4.78, 5) is 32.1. The van der Waals surface area contributed by atoms with E-state index in [-0.39, 0.29) is 12.1 Å². The highest BCUT2D eigenvalue weighted by molar-refractivity contribution is 9.10. The molecule has 1 fully saturated rings. The van der Waals surface area contributed by atoms with Gasteiger partial charge < -0.3 is 19.4 Å². The predicted molar refractivity (Wildman–Crippen MR) is 108 cm³/mol. The monoisotopic (exact) mass is 434 g/mol. The second-order valence-electron chi connectivity index (χ2n) is 7.94. The minimum Gasteiger partial charge on any atom is -0.444 e. The van der Waals surface area contributed by atoms with Crippen LogP contribution in [0.1, 0.15) is 20.8 Å². The number of aliphatic imine (C=N–C) groups is 2. The van der Waals surface area contributed by atoms with Gasteiger partial charge in [0.1, 0.15) is 5.60 Å². The van der Waals surface area contributed by atoms with Gasteiger partial charge in [0, 0.05) is 37.4 Å². The highest BCUT2D eigenvalue weighted by atomic mass is 79.9. The SMILES string of the molecule is CN(C(=O)OC(C)(C)C)C1CN(C2=Nc3ncc(Br)cc3N3CCN=C23)C1. The van der Waals surface area contributed by atoms with E-state index in [1.807, 2.05) is 26.8 Å². The van der Waals surface area contributed by atoms with Gasteiger partial charge in [-0.2, -0.15) is 0 Å². The summed E-state index contributed by atoms with van der Waals surface area (Å²) in [6, 6.07) is 2.12. The number of carbonyl (C=O) groups excluding carboxylic acids is 1. The molecule has 1 amide bonds. The first kappa shape index (κ1) is 18.2. The van der Waals surface area contributed by atoms with Gasteiger partial charge in [-0.25, -0.2) is 14.8 Å². The van der Waals surface area contributed by atoms with Gasteiger partial charge >= 0.3 is 6.09 Å². The Morgan fingerprint density at radius 2 is 2.07 bits per heavy atom. The maximum atomic E-state index is 12.3. The lowest BCUT2D eigenvalue weighted by Crippen LogP contribution is -2.64. The molecule has 9 heteroatoms. The topological polar surface area (TPSA) is 73.6 Å². The van der Waals surface area contributed by atoms with Gasteiger partial charge in [-0.15, -0.1) is 0 Å². The molecule has 0 radical (unpaired) electrons. The number of fused-ring (bicyclic) bond motifs is 3. The zero-order valence-electron chi connectivity index (χ0n) is 15.9. The molecule has 4 rings (SSSR count). The van der Waals surface area contributed by atoms with Crippen LogP contribution in [0.25, 0.3) is 0 Å². The lowest BCUT2D eigenvalue weighted by atomic mass is 10.1. The number of carbonyl (C=O) groups is 1. The molecule has 0 saturated carbocycles. The number of likely N-dealkylation sites (tertiary alicyclic amines) is 1. The van der Waals surface area contributed by atoms with E-state index < -0.39 is 5.60 Å². The summed E-state index contributed by atoms with van der Waals surface area (Å²) in [5.41, 5.74) is 0.484. The molecule has 0 aromatic carbocycles. The van der Waals surface area contributed by atoms with Crippen molar-refractivity contribution < 1.29 is 9.53 Å². The summed E-state index contributed by atoms with van der Waals surface area (Å²) in [5, 5.41) is 0. The van der Waals surface area contributed by atoms with Crippen LogP contribution in [0.3, 0.4) is 0 Å². The normalized spacial score (nSPS) is 19.0. The molecule has 0 bridgehead atoms. The van der Waals surface area contributed by atoms with E-state index in [1.165, 1.54) is 0 Å². The van der Waals surface area contributed by atoms with Gasteiger partial charge in [-0.1, -0.05) is 0 Å². The first-order valence-electron chi connectivity index (χ1n) is 9.00. The molecule has 3 aliphatic heterocycles. The zero-order valence-corrected chi connectivity index (χ0v) is 17.5. The quantitative estimate of drug-likeness (QED) is 0.678. The molecule has 0 N–H and O–H groups in total. The Morgan fingerprint density at radius 1 is 1.33 bits per heavy atom. The van der Waals surface area contributed by atoms with E-state index in [2.05, 4.69) is 35.7 Å². The predicted octanol–water partition coefficient (Wildman–Crippen LogP) is 2.66. The average Bonchev–Trinajstić information content (AvgIpc) is 3.02. The fraction of sp³-hybridized carbons (Fsp3) is 0.556. The number of nitrogens with zero attached hydrogens (tertiary/aromatic N) is 6. The Hall–Kier alpha value is -2.16. The Balaban J connectivity index is 1.49. The largest absolute Gasteiger partial charge is 0.444 e. The smallest absolute Gasteiger partial charge is 0.410 e. The van der Waals surface area contributed by atoms with E-state index in [0.717, 1.165) is 34.9 Å². The number of pyridine rings is 1. The van der Waals surface area contributed by atoms with Gasteiger partial charge in [0.25, 0.3) is 0 Å². The number of hydrogen-bond acceptors (Lipinski definition) is 7. The van der Waals surface area contributed by atoms with Crippen LogP contribution in [0.15, 0.2) is 26.7 Å². The minimum absolute atomic E-state index is 0.0947. The van der Waals surface area contributed by atoms with Gasteiger partial charge in [-0.05, 0) is 42.8 Å². The highest BCUT2D eigenvalue weighted by Gasteiger charge is 2.41. The lowest BCUT2D eigenvalue weighted by Gasteiger charge is -2.46. The van der Waals surface area contributed by atoms with E-state index >= 15 is 0 Å². The number of anilines is 1. The second-order valence-corrected chi connectivity index (χ2v) is 8.85. The molecule has 1 aromatic rings. The number of aromatic nitrogens is 1. The van der Waals surface area contributed by atoms with E-state index in [9.17, 15) is 4.79 Å². The number of ether oxygens (including phenoxy) is 1. The molecular weight excluding hydrogens is 412 g/mol. The van der Waals surface area contributed by atoms with Gasteiger partial charge in [0.15, 0.2) is 17.5 Å². The van der Waals surface area contributed by atoms with Crippen molar-refractivity contribution >= 4 is 45.2 Å². The van der Waals surface area contributed by atoms with Crippen LogP contribution in [-0.4, -0.2) is 77.4 Å². The van der Waals surface area contributed by atoms with Crippen LogP contribution < -0.4 is 4.90 Å². The van der Waals surface area contributed by atoms with Crippen molar-refractivity contribution in [3.8, 4) is 0 Å².